The van der Waals surface area contributed by atoms with Gasteiger partial charge in [-0.05, 0) is 49.7 Å². The number of benzene rings is 1. The molecule has 0 aliphatic carbocycles. The van der Waals surface area contributed by atoms with E-state index in [9.17, 15) is 4.79 Å². The Kier molecular flexibility index (Phi) is 5.67. The Morgan fingerprint density at radius 2 is 2.07 bits per heavy atom. The molecule has 1 aliphatic rings. The first-order valence-electron chi connectivity index (χ1n) is 10.5. The maximum atomic E-state index is 12.3. The van der Waals surface area contributed by atoms with Crippen LogP contribution in [0.15, 0.2) is 42.7 Å². The number of pyridine rings is 1. The molecule has 3 heterocycles. The van der Waals surface area contributed by atoms with Crippen LogP contribution in [0.1, 0.15) is 34.7 Å². The van der Waals surface area contributed by atoms with Gasteiger partial charge in [-0.25, -0.2) is 0 Å². The highest BCUT2D eigenvalue weighted by Crippen LogP contribution is 2.33. The minimum absolute atomic E-state index is 0.0667. The molecule has 3 aromatic rings. The van der Waals surface area contributed by atoms with Crippen molar-refractivity contribution in [2.75, 3.05) is 27.2 Å². The Morgan fingerprint density at radius 1 is 1.24 bits per heavy atom. The Morgan fingerprint density at radius 3 is 2.83 bits per heavy atom. The van der Waals surface area contributed by atoms with Crippen LogP contribution in [0.5, 0.6) is 0 Å². The molecule has 0 fully saturated rings. The van der Waals surface area contributed by atoms with Gasteiger partial charge in [0.05, 0.1) is 0 Å². The van der Waals surface area contributed by atoms with Crippen LogP contribution in [0.3, 0.4) is 0 Å². The van der Waals surface area contributed by atoms with Crippen molar-refractivity contribution in [2.24, 2.45) is 0 Å². The molecule has 5 heteroatoms. The summed E-state index contributed by atoms with van der Waals surface area (Å²) in [5, 5.41) is 4.17. The number of carbonyl (C=O) groups excluding carboxylic acids is 1. The molecule has 1 aliphatic heterocycles. The summed E-state index contributed by atoms with van der Waals surface area (Å²) in [6.45, 7) is 5.10. The third-order valence-corrected chi connectivity index (χ3v) is 6.19. The Balaban J connectivity index is 1.80. The van der Waals surface area contributed by atoms with Gasteiger partial charge in [0.2, 0.25) is 5.91 Å². The molecule has 5 nitrogen and oxygen atoms in total. The lowest BCUT2D eigenvalue weighted by atomic mass is 9.96. The molecule has 4 rings (SSSR count). The zero-order valence-electron chi connectivity index (χ0n) is 17.6. The smallest absolute Gasteiger partial charge is 0.220 e. The predicted octanol–water partition coefficient (Wildman–Crippen LogP) is 3.30. The van der Waals surface area contributed by atoms with E-state index in [2.05, 4.69) is 58.0 Å². The Labute approximate surface area is 172 Å². The van der Waals surface area contributed by atoms with Crippen molar-refractivity contribution in [3.05, 3.63) is 65.1 Å². The number of nitrogens with zero attached hydrogens (tertiary/aromatic N) is 3. The van der Waals surface area contributed by atoms with Crippen LogP contribution >= 0.6 is 0 Å². The van der Waals surface area contributed by atoms with Crippen molar-refractivity contribution in [1.29, 1.82) is 0 Å². The average Bonchev–Trinajstić information content (AvgIpc) is 2.87. The van der Waals surface area contributed by atoms with E-state index >= 15 is 0 Å². The Bertz CT molecular complexity index is 1010. The fourth-order valence-electron chi connectivity index (χ4n) is 4.53. The fourth-order valence-corrected chi connectivity index (χ4v) is 4.53. The van der Waals surface area contributed by atoms with E-state index in [0.717, 1.165) is 38.0 Å². The van der Waals surface area contributed by atoms with Gasteiger partial charge in [0.25, 0.3) is 0 Å². The van der Waals surface area contributed by atoms with E-state index in [1.54, 1.807) is 13.2 Å². The molecule has 1 unspecified atom stereocenters. The van der Waals surface area contributed by atoms with Gasteiger partial charge < -0.3 is 14.8 Å². The normalized spacial score (nSPS) is 15.7. The fraction of sp³-hybridized carbons (Fsp3) is 0.417. The summed E-state index contributed by atoms with van der Waals surface area (Å²) in [5.74, 6) is 0.155. The van der Waals surface area contributed by atoms with Crippen molar-refractivity contribution < 1.29 is 4.79 Å². The van der Waals surface area contributed by atoms with Gasteiger partial charge in [-0.3, -0.25) is 9.78 Å². The summed E-state index contributed by atoms with van der Waals surface area (Å²) in [5.41, 5.74) is 6.61. The lowest BCUT2D eigenvalue weighted by Crippen LogP contribution is -2.24. The standard InChI is InChI=1S/C24H30N4O/c1-17-6-7-22-21(13-17)20-8-11-27(3)12-9-23(20)28(22)16-19(14-24(29)25-2)18-5-4-10-26-15-18/h4-7,10,13,15,19H,8-9,11-12,14,16H2,1-3H3,(H,25,29). The van der Waals surface area contributed by atoms with Crippen molar-refractivity contribution in [2.45, 2.75) is 38.6 Å². The monoisotopic (exact) mass is 390 g/mol. The second-order valence-electron chi connectivity index (χ2n) is 8.22. The minimum atomic E-state index is 0.0667. The largest absolute Gasteiger partial charge is 0.359 e. The topological polar surface area (TPSA) is 50.2 Å². The number of amides is 1. The zero-order valence-corrected chi connectivity index (χ0v) is 17.6. The third-order valence-electron chi connectivity index (χ3n) is 6.19. The lowest BCUT2D eigenvalue weighted by Gasteiger charge is -2.20. The summed E-state index contributed by atoms with van der Waals surface area (Å²) in [6, 6.07) is 10.8. The van der Waals surface area contributed by atoms with Gasteiger partial charge in [-0.1, -0.05) is 17.7 Å². The highest BCUT2D eigenvalue weighted by atomic mass is 16.1. The molecule has 0 saturated carbocycles. The number of likely N-dealkylation sites (N-methyl/N-ethyl adjacent to an activating group) is 1. The number of hydrogen-bond acceptors (Lipinski definition) is 3. The summed E-state index contributed by atoms with van der Waals surface area (Å²) in [7, 11) is 3.91. The van der Waals surface area contributed by atoms with Gasteiger partial charge >= 0.3 is 0 Å². The van der Waals surface area contributed by atoms with Crippen LogP contribution in [-0.4, -0.2) is 47.5 Å². The highest BCUT2D eigenvalue weighted by Gasteiger charge is 2.24. The zero-order chi connectivity index (χ0) is 20.4. The van der Waals surface area contributed by atoms with Crippen molar-refractivity contribution in [1.82, 2.24) is 19.8 Å². The van der Waals surface area contributed by atoms with E-state index in [-0.39, 0.29) is 11.8 Å². The summed E-state index contributed by atoms with van der Waals surface area (Å²) < 4.78 is 2.48. The Hall–Kier alpha value is -2.66. The molecule has 1 amide bonds. The average molecular weight is 391 g/mol. The second kappa shape index (κ2) is 8.37. The van der Waals surface area contributed by atoms with Gasteiger partial charge in [-0.15, -0.1) is 0 Å². The molecule has 2 aromatic heterocycles. The van der Waals surface area contributed by atoms with Crippen molar-refractivity contribution >= 4 is 16.8 Å². The quantitative estimate of drug-likeness (QED) is 0.727. The van der Waals surface area contributed by atoms with E-state index in [0.29, 0.717) is 6.42 Å². The number of rotatable bonds is 5. The van der Waals surface area contributed by atoms with Crippen LogP contribution in [0.2, 0.25) is 0 Å². The molecule has 0 spiro atoms. The maximum absolute atomic E-state index is 12.3. The van der Waals surface area contributed by atoms with Crippen LogP contribution in [0, 0.1) is 6.92 Å². The van der Waals surface area contributed by atoms with E-state index in [1.807, 2.05) is 12.3 Å². The number of carbonyl (C=O) groups is 1. The molecule has 29 heavy (non-hydrogen) atoms. The number of nitrogens with one attached hydrogen (secondary N) is 1. The van der Waals surface area contributed by atoms with E-state index in [4.69, 9.17) is 0 Å². The number of fused-ring (bicyclic) bond motifs is 3. The van der Waals surface area contributed by atoms with Crippen molar-refractivity contribution in [3.8, 4) is 0 Å². The first-order valence-corrected chi connectivity index (χ1v) is 10.5. The number of hydrogen-bond donors (Lipinski definition) is 1. The van der Waals surface area contributed by atoms with Crippen LogP contribution in [0.25, 0.3) is 10.9 Å². The second-order valence-corrected chi connectivity index (χ2v) is 8.22. The lowest BCUT2D eigenvalue weighted by molar-refractivity contribution is -0.121. The van der Waals surface area contributed by atoms with Crippen LogP contribution in [0.4, 0.5) is 0 Å². The van der Waals surface area contributed by atoms with E-state index in [1.165, 1.54) is 27.7 Å². The number of aromatic nitrogens is 2. The SMILES string of the molecule is CNC(=O)CC(Cn1c2c(c3cc(C)ccc31)CCN(C)CC2)c1cccnc1. The van der Waals surface area contributed by atoms with Gasteiger partial charge in [-0.2, -0.15) is 0 Å². The maximum Gasteiger partial charge on any atom is 0.220 e. The predicted molar refractivity (Wildman–Crippen MR) is 117 cm³/mol. The van der Waals surface area contributed by atoms with E-state index < -0.39 is 0 Å². The molecule has 0 radical (unpaired) electrons. The van der Waals surface area contributed by atoms with Gasteiger partial charge in [0.15, 0.2) is 0 Å². The number of aryl methyl sites for hydroxylation is 1. The minimum Gasteiger partial charge on any atom is -0.359 e. The first kappa shape index (κ1) is 19.6. The van der Waals surface area contributed by atoms with Gasteiger partial charge in [0, 0.05) is 74.4 Å². The van der Waals surface area contributed by atoms with Crippen LogP contribution in [-0.2, 0) is 24.2 Å². The third kappa shape index (κ3) is 4.06. The summed E-state index contributed by atoms with van der Waals surface area (Å²) >= 11 is 0. The molecule has 0 bridgehead atoms. The molecule has 152 valence electrons. The highest BCUT2D eigenvalue weighted by molar-refractivity contribution is 5.86. The van der Waals surface area contributed by atoms with Crippen molar-refractivity contribution in [3.63, 3.8) is 0 Å². The molecular formula is C24H30N4O. The molecular weight excluding hydrogens is 360 g/mol. The molecule has 1 atom stereocenters. The molecule has 1 aromatic carbocycles. The van der Waals surface area contributed by atoms with Gasteiger partial charge in [0.1, 0.15) is 0 Å². The molecule has 0 saturated heterocycles. The molecule has 1 N–H and O–H groups in total. The summed E-state index contributed by atoms with van der Waals surface area (Å²) in [6.07, 6.45) is 6.26. The van der Waals surface area contributed by atoms with Crippen LogP contribution < -0.4 is 5.32 Å². The summed E-state index contributed by atoms with van der Waals surface area (Å²) in [4.78, 5) is 19.0. The first-order chi connectivity index (χ1) is 14.1.